The first kappa shape index (κ1) is 13.5. The van der Waals surface area contributed by atoms with Gasteiger partial charge in [-0.2, -0.15) is 0 Å². The number of terminal acetylenes is 1. The molecule has 3 atom stereocenters. The molecule has 0 saturated carbocycles. The van der Waals surface area contributed by atoms with E-state index < -0.39 is 18.2 Å². The fraction of sp³-hybridized carbons (Fsp3) is 0.667. The predicted molar refractivity (Wildman–Crippen MR) is 58.9 cm³/mol. The highest BCUT2D eigenvalue weighted by molar-refractivity contribution is 5.66. The van der Waals surface area contributed by atoms with Gasteiger partial charge in [-0.1, -0.05) is 5.92 Å². The van der Waals surface area contributed by atoms with Gasteiger partial charge in [0, 0.05) is 13.8 Å². The summed E-state index contributed by atoms with van der Waals surface area (Å²) in [5.74, 6) is 1.70. The van der Waals surface area contributed by atoms with Gasteiger partial charge in [-0.3, -0.25) is 9.59 Å². The van der Waals surface area contributed by atoms with Crippen molar-refractivity contribution in [1.82, 2.24) is 0 Å². The van der Waals surface area contributed by atoms with Gasteiger partial charge >= 0.3 is 11.9 Å². The van der Waals surface area contributed by atoms with Gasteiger partial charge in [0.15, 0.2) is 0 Å². The minimum absolute atomic E-state index is 0.0471. The Labute approximate surface area is 100 Å². The van der Waals surface area contributed by atoms with Gasteiger partial charge in [-0.25, -0.2) is 0 Å². The maximum atomic E-state index is 10.9. The van der Waals surface area contributed by atoms with Crippen molar-refractivity contribution < 1.29 is 23.8 Å². The third kappa shape index (κ3) is 4.45. The summed E-state index contributed by atoms with van der Waals surface area (Å²) in [7, 11) is 0. The Hall–Kier alpha value is -1.54. The average molecular weight is 240 g/mol. The molecule has 1 heterocycles. The summed E-state index contributed by atoms with van der Waals surface area (Å²) in [6, 6.07) is 0. The molecule has 1 aliphatic heterocycles. The van der Waals surface area contributed by atoms with Crippen LogP contribution in [-0.4, -0.2) is 36.9 Å². The number of rotatable bonds is 3. The molecular formula is C12H16O5. The van der Waals surface area contributed by atoms with Crippen LogP contribution in [0.15, 0.2) is 0 Å². The van der Waals surface area contributed by atoms with Crippen LogP contribution in [0.25, 0.3) is 0 Å². The first-order valence-corrected chi connectivity index (χ1v) is 5.45. The molecule has 0 spiro atoms. The lowest BCUT2D eigenvalue weighted by Crippen LogP contribution is -2.43. The number of ether oxygens (including phenoxy) is 3. The Morgan fingerprint density at radius 2 is 2.06 bits per heavy atom. The van der Waals surface area contributed by atoms with Crippen molar-refractivity contribution in [1.29, 1.82) is 0 Å². The van der Waals surface area contributed by atoms with Crippen molar-refractivity contribution in [2.45, 2.75) is 45.0 Å². The molecule has 0 aromatic heterocycles. The summed E-state index contributed by atoms with van der Waals surface area (Å²) in [5, 5.41) is 0. The van der Waals surface area contributed by atoms with E-state index in [2.05, 4.69) is 5.92 Å². The minimum Gasteiger partial charge on any atom is -0.463 e. The fourth-order valence-electron chi connectivity index (χ4n) is 1.68. The van der Waals surface area contributed by atoms with Crippen molar-refractivity contribution in [3.8, 4) is 12.3 Å². The molecule has 17 heavy (non-hydrogen) atoms. The van der Waals surface area contributed by atoms with Crippen LogP contribution in [-0.2, 0) is 23.8 Å². The highest BCUT2D eigenvalue weighted by Crippen LogP contribution is 2.22. The standard InChI is InChI=1S/C12H16O5/c1-4-10-5-6-11(16-9(3)14)12(17-10)7-15-8(2)13/h1,10-12H,5-7H2,2-3H3/t10-,11-,12+/m1/s1. The number of esters is 2. The van der Waals surface area contributed by atoms with Gasteiger partial charge in [0.05, 0.1) is 0 Å². The molecule has 0 unspecified atom stereocenters. The SMILES string of the molecule is C#C[C@@H]1CC[C@@H](OC(C)=O)[C@H](COC(C)=O)O1. The van der Waals surface area contributed by atoms with Crippen molar-refractivity contribution in [2.75, 3.05) is 6.61 Å². The zero-order valence-electron chi connectivity index (χ0n) is 9.97. The molecule has 1 aliphatic rings. The number of carbonyl (C=O) groups excluding carboxylic acids is 2. The maximum Gasteiger partial charge on any atom is 0.302 e. The van der Waals surface area contributed by atoms with Crippen LogP contribution in [0.3, 0.4) is 0 Å². The van der Waals surface area contributed by atoms with Crippen LogP contribution in [0.4, 0.5) is 0 Å². The van der Waals surface area contributed by atoms with Gasteiger partial charge in [0.25, 0.3) is 0 Å². The van der Waals surface area contributed by atoms with Crippen LogP contribution in [0.2, 0.25) is 0 Å². The lowest BCUT2D eigenvalue weighted by molar-refractivity contribution is -0.175. The zero-order chi connectivity index (χ0) is 12.8. The topological polar surface area (TPSA) is 61.8 Å². The van der Waals surface area contributed by atoms with Crippen molar-refractivity contribution >= 4 is 11.9 Å². The Bertz CT molecular complexity index is 330. The van der Waals surface area contributed by atoms with E-state index in [1.807, 2.05) is 0 Å². The molecule has 0 aliphatic carbocycles. The second kappa shape index (κ2) is 6.26. The van der Waals surface area contributed by atoms with E-state index >= 15 is 0 Å². The third-order valence-corrected chi connectivity index (χ3v) is 2.42. The highest BCUT2D eigenvalue weighted by Gasteiger charge is 2.33. The molecule has 1 rings (SSSR count). The van der Waals surface area contributed by atoms with Gasteiger partial charge < -0.3 is 14.2 Å². The van der Waals surface area contributed by atoms with E-state index in [0.717, 1.165) is 0 Å². The van der Waals surface area contributed by atoms with E-state index in [1.54, 1.807) is 0 Å². The van der Waals surface area contributed by atoms with Gasteiger partial charge in [0.1, 0.15) is 24.9 Å². The molecule has 0 bridgehead atoms. The van der Waals surface area contributed by atoms with Crippen LogP contribution in [0.1, 0.15) is 26.7 Å². The van der Waals surface area contributed by atoms with Gasteiger partial charge in [-0.15, -0.1) is 6.42 Å². The first-order valence-electron chi connectivity index (χ1n) is 5.45. The number of carbonyl (C=O) groups is 2. The highest BCUT2D eigenvalue weighted by atomic mass is 16.6. The average Bonchev–Trinajstić information content (AvgIpc) is 2.27. The molecule has 0 aromatic rings. The molecular weight excluding hydrogens is 224 g/mol. The van der Waals surface area contributed by atoms with Crippen LogP contribution in [0, 0.1) is 12.3 Å². The van der Waals surface area contributed by atoms with Crippen molar-refractivity contribution in [3.63, 3.8) is 0 Å². The molecule has 0 radical (unpaired) electrons. The maximum absolute atomic E-state index is 10.9. The lowest BCUT2D eigenvalue weighted by Gasteiger charge is -2.33. The predicted octanol–water partition coefficient (Wildman–Crippen LogP) is 0.662. The quantitative estimate of drug-likeness (QED) is 0.535. The number of hydrogen-bond acceptors (Lipinski definition) is 5. The van der Waals surface area contributed by atoms with Gasteiger partial charge in [0.2, 0.25) is 0 Å². The Kier molecular flexibility index (Phi) is 4.98. The summed E-state index contributed by atoms with van der Waals surface area (Å²) < 4.78 is 15.5. The second-order valence-electron chi connectivity index (χ2n) is 3.86. The zero-order valence-corrected chi connectivity index (χ0v) is 9.97. The Morgan fingerprint density at radius 3 is 2.59 bits per heavy atom. The molecule has 1 saturated heterocycles. The van der Waals surface area contributed by atoms with Crippen LogP contribution >= 0.6 is 0 Å². The molecule has 94 valence electrons. The third-order valence-electron chi connectivity index (χ3n) is 2.42. The summed E-state index contributed by atoms with van der Waals surface area (Å²) in [6.45, 7) is 2.68. The number of hydrogen-bond donors (Lipinski definition) is 0. The van der Waals surface area contributed by atoms with E-state index in [0.29, 0.717) is 12.8 Å². The lowest BCUT2D eigenvalue weighted by atomic mass is 10.0. The monoisotopic (exact) mass is 240 g/mol. The summed E-state index contributed by atoms with van der Waals surface area (Å²) >= 11 is 0. The van der Waals surface area contributed by atoms with Crippen LogP contribution < -0.4 is 0 Å². The van der Waals surface area contributed by atoms with Crippen molar-refractivity contribution in [2.24, 2.45) is 0 Å². The smallest absolute Gasteiger partial charge is 0.302 e. The molecule has 5 nitrogen and oxygen atoms in total. The van der Waals surface area contributed by atoms with E-state index in [4.69, 9.17) is 20.6 Å². The first-order chi connectivity index (χ1) is 8.02. The molecule has 1 fully saturated rings. The second-order valence-corrected chi connectivity index (χ2v) is 3.86. The normalized spacial score (nSPS) is 27.9. The van der Waals surface area contributed by atoms with E-state index in [-0.39, 0.29) is 18.7 Å². The largest absolute Gasteiger partial charge is 0.463 e. The van der Waals surface area contributed by atoms with Crippen molar-refractivity contribution in [3.05, 3.63) is 0 Å². The Morgan fingerprint density at radius 1 is 1.35 bits per heavy atom. The molecule has 0 amide bonds. The summed E-state index contributed by atoms with van der Waals surface area (Å²) in [4.78, 5) is 21.7. The Balaban J connectivity index is 2.58. The fourth-order valence-corrected chi connectivity index (χ4v) is 1.68. The summed E-state index contributed by atoms with van der Waals surface area (Å²) in [6.07, 6.45) is 5.31. The minimum atomic E-state index is -0.488. The molecule has 0 aromatic carbocycles. The molecule has 0 N–H and O–H groups in total. The molecule has 5 heteroatoms. The van der Waals surface area contributed by atoms with Crippen LogP contribution in [0.5, 0.6) is 0 Å². The summed E-state index contributed by atoms with van der Waals surface area (Å²) in [5.41, 5.74) is 0. The van der Waals surface area contributed by atoms with E-state index in [9.17, 15) is 9.59 Å². The van der Waals surface area contributed by atoms with Gasteiger partial charge in [-0.05, 0) is 12.8 Å². The van der Waals surface area contributed by atoms with E-state index in [1.165, 1.54) is 13.8 Å².